The highest BCUT2D eigenvalue weighted by Gasteiger charge is 1.90. The smallest absolute Gasteiger partial charge is 0.0745 e. The van der Waals surface area contributed by atoms with Crippen molar-refractivity contribution in [2.75, 3.05) is 13.2 Å². The first-order valence-corrected chi connectivity index (χ1v) is 2.64. The van der Waals surface area contributed by atoms with Gasteiger partial charge < -0.3 is 9.84 Å². The number of hydrogen-bond acceptors (Lipinski definition) is 2. The Bertz CT molecular complexity index is 59.5. The van der Waals surface area contributed by atoms with E-state index in [1.165, 1.54) is 0 Å². The molecule has 0 spiro atoms. The molecule has 1 N–H and O–H groups in total. The largest absolute Gasteiger partial charge is 0.391 e. The molecule has 0 heterocycles. The van der Waals surface area contributed by atoms with Crippen molar-refractivity contribution in [1.29, 1.82) is 0 Å². The lowest BCUT2D eigenvalue weighted by Gasteiger charge is -2.01. The van der Waals surface area contributed by atoms with E-state index >= 15 is 0 Å². The quantitative estimate of drug-likeness (QED) is 0.430. The molecule has 0 aliphatic rings. The summed E-state index contributed by atoms with van der Waals surface area (Å²) in [6, 6.07) is 0. The van der Waals surface area contributed by atoms with Gasteiger partial charge in [0.05, 0.1) is 19.3 Å². The molecule has 0 aliphatic carbocycles. The third-order valence-electron chi connectivity index (χ3n) is 0.595. The molecule has 0 aromatic rings. The molecule has 1 atom stereocenters. The molecule has 48 valence electrons. The molecule has 0 radical (unpaired) electrons. The fourth-order valence-corrected chi connectivity index (χ4v) is 0.322. The summed E-state index contributed by atoms with van der Waals surface area (Å²) in [4.78, 5) is 0. The van der Waals surface area contributed by atoms with Crippen LogP contribution in [-0.2, 0) is 4.74 Å². The molecule has 2 heteroatoms. The molecule has 0 fully saturated rings. The van der Waals surface area contributed by atoms with Gasteiger partial charge in [-0.3, -0.25) is 0 Å². The minimum Gasteiger partial charge on any atom is -0.391 e. The Morgan fingerprint density at radius 3 is 2.88 bits per heavy atom. The first-order valence-electron chi connectivity index (χ1n) is 2.64. The molecule has 0 aliphatic heterocycles. The predicted molar refractivity (Wildman–Crippen MR) is 32.7 cm³/mol. The van der Waals surface area contributed by atoms with E-state index in [0.29, 0.717) is 13.2 Å². The van der Waals surface area contributed by atoms with Gasteiger partial charge in [-0.25, -0.2) is 0 Å². The monoisotopic (exact) mass is 116 g/mol. The highest BCUT2D eigenvalue weighted by atomic mass is 16.5. The summed E-state index contributed by atoms with van der Waals surface area (Å²) in [7, 11) is 0. The Labute approximate surface area is 49.8 Å². The van der Waals surface area contributed by atoms with Crippen molar-refractivity contribution in [3.05, 3.63) is 12.7 Å². The van der Waals surface area contributed by atoms with Crippen LogP contribution in [0.1, 0.15) is 6.92 Å². The maximum absolute atomic E-state index is 8.62. The Kier molecular flexibility index (Phi) is 4.61. The van der Waals surface area contributed by atoms with Gasteiger partial charge in [-0.1, -0.05) is 6.08 Å². The maximum atomic E-state index is 8.62. The minimum atomic E-state index is -0.366. The number of aliphatic hydroxyl groups is 1. The lowest BCUT2D eigenvalue weighted by atomic mass is 10.4. The van der Waals surface area contributed by atoms with Crippen LogP contribution < -0.4 is 0 Å². The maximum Gasteiger partial charge on any atom is 0.0745 e. The molecule has 0 rings (SSSR count). The van der Waals surface area contributed by atoms with Crippen LogP contribution in [0.5, 0.6) is 0 Å². The van der Waals surface area contributed by atoms with E-state index in [1.54, 1.807) is 13.0 Å². The standard InChI is InChI=1S/C6H12O2/c1-3-4-8-5-6(2)7/h3,6-7H,1,4-5H2,2H3. The predicted octanol–water partition coefficient (Wildman–Crippen LogP) is 0.570. The van der Waals surface area contributed by atoms with Gasteiger partial charge in [0.15, 0.2) is 0 Å². The van der Waals surface area contributed by atoms with Crippen molar-refractivity contribution in [3.63, 3.8) is 0 Å². The number of rotatable bonds is 4. The Balaban J connectivity index is 2.81. The van der Waals surface area contributed by atoms with Crippen LogP contribution in [0, 0.1) is 0 Å². The van der Waals surface area contributed by atoms with Crippen LogP contribution in [0.25, 0.3) is 0 Å². The van der Waals surface area contributed by atoms with Gasteiger partial charge in [0.25, 0.3) is 0 Å². The second-order valence-corrected chi connectivity index (χ2v) is 1.68. The van der Waals surface area contributed by atoms with Gasteiger partial charge in [0.1, 0.15) is 0 Å². The van der Waals surface area contributed by atoms with E-state index in [1.807, 2.05) is 0 Å². The third kappa shape index (κ3) is 5.66. The summed E-state index contributed by atoms with van der Waals surface area (Å²) in [5.41, 5.74) is 0. The molecule has 8 heavy (non-hydrogen) atoms. The van der Waals surface area contributed by atoms with E-state index in [-0.39, 0.29) is 6.10 Å². The second kappa shape index (κ2) is 4.81. The normalized spacial score (nSPS) is 13.2. The molecule has 0 saturated heterocycles. The summed E-state index contributed by atoms with van der Waals surface area (Å²) >= 11 is 0. The second-order valence-electron chi connectivity index (χ2n) is 1.68. The number of aliphatic hydroxyl groups excluding tert-OH is 1. The minimum absolute atomic E-state index is 0.366. The topological polar surface area (TPSA) is 29.5 Å². The van der Waals surface area contributed by atoms with Crippen molar-refractivity contribution in [2.24, 2.45) is 0 Å². The van der Waals surface area contributed by atoms with Crippen molar-refractivity contribution in [3.8, 4) is 0 Å². The molecule has 0 bridgehead atoms. The summed E-state index contributed by atoms with van der Waals surface area (Å²) in [5, 5.41) is 8.62. The van der Waals surface area contributed by atoms with E-state index in [9.17, 15) is 0 Å². The summed E-state index contributed by atoms with van der Waals surface area (Å²) in [6.07, 6.45) is 1.29. The molecule has 0 aromatic heterocycles. The van der Waals surface area contributed by atoms with Crippen LogP contribution in [0.4, 0.5) is 0 Å². The van der Waals surface area contributed by atoms with Gasteiger partial charge >= 0.3 is 0 Å². The highest BCUT2D eigenvalue weighted by molar-refractivity contribution is 4.63. The zero-order valence-corrected chi connectivity index (χ0v) is 5.13. The van der Waals surface area contributed by atoms with Crippen molar-refractivity contribution in [1.82, 2.24) is 0 Å². The van der Waals surface area contributed by atoms with Crippen molar-refractivity contribution >= 4 is 0 Å². The van der Waals surface area contributed by atoms with E-state index in [4.69, 9.17) is 9.84 Å². The van der Waals surface area contributed by atoms with Gasteiger partial charge in [-0.2, -0.15) is 0 Å². The molecule has 0 saturated carbocycles. The lowest BCUT2D eigenvalue weighted by molar-refractivity contribution is 0.0599. The van der Waals surface area contributed by atoms with E-state index in [2.05, 4.69) is 6.58 Å². The van der Waals surface area contributed by atoms with E-state index in [0.717, 1.165) is 0 Å². The summed E-state index contributed by atoms with van der Waals surface area (Å²) < 4.78 is 4.88. The average Bonchev–Trinajstić information content (AvgIpc) is 1.66. The van der Waals surface area contributed by atoms with Crippen LogP contribution in [0.3, 0.4) is 0 Å². The van der Waals surface area contributed by atoms with Crippen molar-refractivity contribution in [2.45, 2.75) is 13.0 Å². The molecular weight excluding hydrogens is 104 g/mol. The summed E-state index contributed by atoms with van der Waals surface area (Å²) in [5.74, 6) is 0. The van der Waals surface area contributed by atoms with E-state index < -0.39 is 0 Å². The fraction of sp³-hybridized carbons (Fsp3) is 0.667. The fourth-order valence-electron chi connectivity index (χ4n) is 0.322. The van der Waals surface area contributed by atoms with Crippen LogP contribution >= 0.6 is 0 Å². The van der Waals surface area contributed by atoms with Crippen molar-refractivity contribution < 1.29 is 9.84 Å². The van der Waals surface area contributed by atoms with Crippen LogP contribution in [0.2, 0.25) is 0 Å². The third-order valence-corrected chi connectivity index (χ3v) is 0.595. The van der Waals surface area contributed by atoms with Gasteiger partial charge in [0.2, 0.25) is 0 Å². The molecule has 1 unspecified atom stereocenters. The van der Waals surface area contributed by atoms with Crippen LogP contribution in [-0.4, -0.2) is 24.4 Å². The lowest BCUT2D eigenvalue weighted by Crippen LogP contribution is -2.09. The Hall–Kier alpha value is -0.340. The zero-order valence-electron chi connectivity index (χ0n) is 5.13. The Morgan fingerprint density at radius 1 is 1.88 bits per heavy atom. The summed E-state index contributed by atoms with van der Waals surface area (Å²) in [6.45, 7) is 6.05. The van der Waals surface area contributed by atoms with Crippen LogP contribution in [0.15, 0.2) is 12.7 Å². The molecule has 2 nitrogen and oxygen atoms in total. The molecular formula is C6H12O2. The SMILES string of the molecule is C=CCOCC(C)O. The first-order chi connectivity index (χ1) is 3.77. The van der Waals surface area contributed by atoms with Gasteiger partial charge in [-0.15, -0.1) is 6.58 Å². The highest BCUT2D eigenvalue weighted by Crippen LogP contribution is 1.81. The first kappa shape index (κ1) is 7.66. The molecule has 0 amide bonds. The Morgan fingerprint density at radius 2 is 2.50 bits per heavy atom. The number of hydrogen-bond donors (Lipinski definition) is 1. The van der Waals surface area contributed by atoms with Gasteiger partial charge in [0, 0.05) is 0 Å². The number of ether oxygens (including phenoxy) is 1. The average molecular weight is 116 g/mol. The van der Waals surface area contributed by atoms with Gasteiger partial charge in [-0.05, 0) is 6.92 Å². The zero-order chi connectivity index (χ0) is 6.41. The molecule has 0 aromatic carbocycles.